The summed E-state index contributed by atoms with van der Waals surface area (Å²) in [5.74, 6) is -0.750. The molecule has 33 heavy (non-hydrogen) atoms. The van der Waals surface area contributed by atoms with Crippen LogP contribution < -0.4 is 10.2 Å². The number of rotatable bonds is 6. The smallest absolute Gasteiger partial charge is 0.407 e. The highest BCUT2D eigenvalue weighted by molar-refractivity contribution is 5.94. The van der Waals surface area contributed by atoms with E-state index in [4.69, 9.17) is 4.74 Å². The summed E-state index contributed by atoms with van der Waals surface area (Å²) < 4.78 is 10.7. The average Bonchev–Trinajstić information content (AvgIpc) is 3.36. The van der Waals surface area contributed by atoms with Gasteiger partial charge in [-0.1, -0.05) is 0 Å². The molecule has 0 bridgehead atoms. The number of imidazole rings is 1. The monoisotopic (exact) mass is 466 g/mol. The van der Waals surface area contributed by atoms with Crippen LogP contribution in [0.1, 0.15) is 37.0 Å². The van der Waals surface area contributed by atoms with Crippen molar-refractivity contribution in [2.75, 3.05) is 26.2 Å². The van der Waals surface area contributed by atoms with Crippen molar-refractivity contribution in [1.82, 2.24) is 19.8 Å². The zero-order chi connectivity index (χ0) is 24.7. The summed E-state index contributed by atoms with van der Waals surface area (Å²) in [6.45, 7) is 7.80. The van der Waals surface area contributed by atoms with Gasteiger partial charge < -0.3 is 24.6 Å². The van der Waals surface area contributed by atoms with Crippen LogP contribution in [0.2, 0.25) is 0 Å². The van der Waals surface area contributed by atoms with Crippen molar-refractivity contribution in [3.05, 3.63) is 11.4 Å². The number of fused-ring (bicyclic) bond motifs is 2. The van der Waals surface area contributed by atoms with Crippen LogP contribution in [0.25, 0.3) is 0 Å². The maximum Gasteiger partial charge on any atom is 0.407 e. The minimum absolute atomic E-state index is 0.136. The zero-order valence-electron chi connectivity index (χ0n) is 19.7. The number of nitrogens with zero attached hydrogens (tertiary/aromatic N) is 5. The van der Waals surface area contributed by atoms with E-state index in [0.29, 0.717) is 17.3 Å². The first-order valence-electron chi connectivity index (χ1n) is 10.4. The van der Waals surface area contributed by atoms with E-state index in [1.54, 1.807) is 13.3 Å². The highest BCUT2D eigenvalue weighted by Crippen LogP contribution is 2.35. The second-order valence-electron chi connectivity index (χ2n) is 8.91. The number of hydrogen-bond donors (Lipinski definition) is 2. The van der Waals surface area contributed by atoms with Crippen molar-refractivity contribution in [1.29, 1.82) is 0 Å². The van der Waals surface area contributed by atoms with Gasteiger partial charge in [0, 0.05) is 19.0 Å². The van der Waals surface area contributed by atoms with Crippen molar-refractivity contribution in [3.63, 3.8) is 0 Å². The van der Waals surface area contributed by atoms with Crippen LogP contribution in [-0.4, -0.2) is 95.2 Å². The summed E-state index contributed by atoms with van der Waals surface area (Å²) in [6.07, 6.45) is -1.00. The number of ether oxygens (including phenoxy) is 2. The Hall–Kier alpha value is -3.19. The molecule has 2 aliphatic rings. The van der Waals surface area contributed by atoms with E-state index in [-0.39, 0.29) is 24.0 Å². The molecule has 2 N–H and O–H groups in total. The third-order valence-electron chi connectivity index (χ3n) is 5.85. The van der Waals surface area contributed by atoms with Crippen LogP contribution >= 0.6 is 0 Å². The quantitative estimate of drug-likeness (QED) is 0.343. The van der Waals surface area contributed by atoms with Crippen molar-refractivity contribution in [2.45, 2.75) is 64.0 Å². The number of alkyl carbamates (subject to hydrolysis) is 1. The number of aryl methyl sites for hydroxylation is 1. The number of anilines is 1. The molecule has 0 fully saturated rings. The number of hydrogen-bond acceptors (Lipinski definition) is 11. The molecule has 3 rings (SSSR count). The number of amides is 1. The van der Waals surface area contributed by atoms with Gasteiger partial charge in [-0.3, -0.25) is 19.6 Å². The van der Waals surface area contributed by atoms with E-state index in [9.17, 15) is 19.6 Å². The Morgan fingerprint density at radius 3 is 2.48 bits per heavy atom. The lowest BCUT2D eigenvalue weighted by Crippen LogP contribution is -2.61. The average molecular weight is 466 g/mol. The highest BCUT2D eigenvalue weighted by atomic mass is 17.1. The minimum Gasteiger partial charge on any atom is -0.467 e. The van der Waals surface area contributed by atoms with Crippen molar-refractivity contribution in [2.24, 2.45) is 4.99 Å². The van der Waals surface area contributed by atoms with Crippen molar-refractivity contribution >= 4 is 30.3 Å². The van der Waals surface area contributed by atoms with Gasteiger partial charge in [-0.2, -0.15) is 0 Å². The molecule has 0 aromatic carbocycles. The summed E-state index contributed by atoms with van der Waals surface area (Å²) in [4.78, 5) is 54.9. The Labute approximate surface area is 191 Å². The van der Waals surface area contributed by atoms with Gasteiger partial charge in [0.1, 0.15) is 12.3 Å². The molecule has 1 aromatic heterocycles. The van der Waals surface area contributed by atoms with Crippen molar-refractivity contribution in [3.8, 4) is 0 Å². The number of nitrogens with one attached hydrogen (secondary N) is 1. The Morgan fingerprint density at radius 2 is 1.94 bits per heavy atom. The van der Waals surface area contributed by atoms with E-state index >= 15 is 0 Å². The first-order valence-corrected chi connectivity index (χ1v) is 10.4. The fraction of sp³-hybridized carbons (Fsp3) is 0.650. The van der Waals surface area contributed by atoms with Crippen molar-refractivity contribution < 1.29 is 34.0 Å². The van der Waals surface area contributed by atoms with Gasteiger partial charge in [-0.15, -0.1) is 0 Å². The fourth-order valence-corrected chi connectivity index (χ4v) is 4.13. The predicted octanol–water partition coefficient (Wildman–Crippen LogP) is 0.417. The summed E-state index contributed by atoms with van der Waals surface area (Å²) in [7, 11) is 4.09. The molecule has 4 atom stereocenters. The van der Waals surface area contributed by atoms with Gasteiger partial charge >= 0.3 is 12.1 Å². The van der Waals surface area contributed by atoms with Gasteiger partial charge in [0.15, 0.2) is 12.1 Å². The van der Waals surface area contributed by atoms with Crippen LogP contribution in [0.3, 0.4) is 0 Å². The summed E-state index contributed by atoms with van der Waals surface area (Å²) in [5, 5.41) is 11.8. The molecule has 182 valence electrons. The first-order chi connectivity index (χ1) is 15.5. The molecule has 4 unspecified atom stereocenters. The number of likely N-dealkylation sites (N-methyl/N-ethyl adjacent to an activating group) is 1. The fourth-order valence-electron chi connectivity index (χ4n) is 4.13. The number of methoxy groups -OCH3 is 2. The lowest BCUT2D eigenvalue weighted by atomic mass is 10.0. The second-order valence-corrected chi connectivity index (χ2v) is 8.91. The predicted molar refractivity (Wildman–Crippen MR) is 116 cm³/mol. The Kier molecular flexibility index (Phi) is 6.65. The van der Waals surface area contributed by atoms with Gasteiger partial charge in [0.05, 0.1) is 31.9 Å². The van der Waals surface area contributed by atoms with E-state index < -0.39 is 30.3 Å². The third-order valence-corrected chi connectivity index (χ3v) is 5.85. The largest absolute Gasteiger partial charge is 0.467 e. The zero-order valence-corrected chi connectivity index (χ0v) is 19.7. The third kappa shape index (κ3) is 4.25. The second kappa shape index (κ2) is 8.98. The topological polar surface area (TPSA) is 148 Å². The van der Waals surface area contributed by atoms with E-state index in [2.05, 4.69) is 24.9 Å². The van der Waals surface area contributed by atoms with E-state index in [1.165, 1.54) is 4.57 Å². The van der Waals surface area contributed by atoms with E-state index in [1.807, 2.05) is 37.6 Å². The molecule has 0 saturated carbocycles. The summed E-state index contributed by atoms with van der Waals surface area (Å²) in [6, 6.07) is -2.09. The molecule has 3 heterocycles. The maximum atomic E-state index is 13.5. The maximum absolute atomic E-state index is 13.5. The molecule has 1 aromatic rings. The lowest BCUT2D eigenvalue weighted by Gasteiger charge is -2.44. The first kappa shape index (κ1) is 24.5. The molecule has 2 aliphatic heterocycles. The molecule has 1 amide bonds. The highest BCUT2D eigenvalue weighted by Gasteiger charge is 2.49. The lowest BCUT2D eigenvalue weighted by molar-refractivity contribution is -0.283. The molecule has 0 aliphatic carbocycles. The van der Waals surface area contributed by atoms with Crippen LogP contribution in [0.4, 0.5) is 10.7 Å². The van der Waals surface area contributed by atoms with Crippen LogP contribution in [0.5, 0.6) is 0 Å². The van der Waals surface area contributed by atoms with Gasteiger partial charge in [0.2, 0.25) is 5.95 Å². The van der Waals surface area contributed by atoms with Gasteiger partial charge in [-0.05, 0) is 27.7 Å². The number of aromatic nitrogens is 2. The standard InChI is InChI=1S/C20H30N6O7/c1-10-11(8-12(33-30)13(17(28)31-6)23-19(29)32-7)26-16(27)14-15(24(5)18(26)22-10)25(9-21-14)20(2,3)4/h9,12-15,30H,8H2,1-7H3,(H,23,29). The van der Waals surface area contributed by atoms with E-state index in [0.717, 1.165) is 14.2 Å². The van der Waals surface area contributed by atoms with Crippen LogP contribution in [-0.2, 0) is 25.6 Å². The summed E-state index contributed by atoms with van der Waals surface area (Å²) in [5.41, 5.74) is 0.636. The molecule has 0 saturated heterocycles. The number of carbonyl (C=O) groups is 3. The van der Waals surface area contributed by atoms with Gasteiger partial charge in [-0.25, -0.2) is 19.5 Å². The van der Waals surface area contributed by atoms with Gasteiger partial charge in [0.25, 0.3) is 5.91 Å². The number of carbonyl (C=O) groups excluding carboxylic acids is 3. The van der Waals surface area contributed by atoms with Crippen LogP contribution in [0.15, 0.2) is 4.99 Å². The molecular formula is C20H30N6O7. The number of esters is 1. The Morgan fingerprint density at radius 1 is 1.27 bits per heavy atom. The minimum atomic E-state index is -1.40. The molecule has 0 spiro atoms. The Bertz CT molecular complexity index is 969. The SMILES string of the molecule is COC(=O)NC(C(=O)OC)C(Cc1c(C)nc2n1C(=O)C1N=CN(C(C)(C)C)C1N2C)OO. The Balaban J connectivity index is 1.98. The number of aliphatic imine (C=N–C) groups is 1. The van der Waals surface area contributed by atoms with Crippen LogP contribution in [0, 0.1) is 6.92 Å². The molecule has 13 heteroatoms. The normalized spacial score (nSPS) is 21.4. The molecular weight excluding hydrogens is 436 g/mol. The molecule has 0 radical (unpaired) electrons. The molecule has 13 nitrogen and oxygen atoms in total. The summed E-state index contributed by atoms with van der Waals surface area (Å²) >= 11 is 0.